The average molecular weight is 263 g/mol. The summed E-state index contributed by atoms with van der Waals surface area (Å²) in [6.07, 6.45) is -4.72. The summed E-state index contributed by atoms with van der Waals surface area (Å²) in [7, 11) is 0. The maximum atomic E-state index is 11.6. The number of anilines is 1. The number of hydrogen-bond donors (Lipinski definition) is 1. The molecule has 0 bridgehead atoms. The molecule has 0 aromatic heterocycles. The lowest BCUT2D eigenvalue weighted by atomic mass is 10.1. The molecule has 7 heteroatoms. The SMILES string of the molecule is Cc1ccc(C(=O)OCCOC(F)(F)F)cc1N. The second kappa shape index (κ2) is 5.72. The molecule has 0 aliphatic rings. The summed E-state index contributed by atoms with van der Waals surface area (Å²) in [5, 5.41) is 0. The standard InChI is InChI=1S/C11H12F3NO3/c1-7-2-3-8(6-9(7)15)10(16)17-4-5-18-11(12,13)14/h2-3,6H,4-5,15H2,1H3. The number of carbonyl (C=O) groups is 1. The van der Waals surface area contributed by atoms with Crippen molar-refractivity contribution in [3.8, 4) is 0 Å². The van der Waals surface area contributed by atoms with E-state index in [2.05, 4.69) is 9.47 Å². The van der Waals surface area contributed by atoms with Crippen LogP contribution in [-0.2, 0) is 9.47 Å². The van der Waals surface area contributed by atoms with E-state index < -0.39 is 25.5 Å². The van der Waals surface area contributed by atoms with Crippen LogP contribution in [0.5, 0.6) is 0 Å². The van der Waals surface area contributed by atoms with Gasteiger partial charge in [0, 0.05) is 5.69 Å². The predicted octanol–water partition coefficient (Wildman–Crippen LogP) is 2.27. The Bertz CT molecular complexity index is 432. The summed E-state index contributed by atoms with van der Waals surface area (Å²) in [5.41, 5.74) is 6.99. The van der Waals surface area contributed by atoms with Gasteiger partial charge in [-0.1, -0.05) is 6.07 Å². The van der Waals surface area contributed by atoms with E-state index in [1.807, 2.05) is 0 Å². The van der Waals surface area contributed by atoms with Crippen LogP contribution in [0.1, 0.15) is 15.9 Å². The third-order valence-corrected chi connectivity index (χ3v) is 2.10. The number of esters is 1. The summed E-state index contributed by atoms with van der Waals surface area (Å²) < 4.78 is 42.9. The van der Waals surface area contributed by atoms with E-state index in [0.29, 0.717) is 5.69 Å². The molecule has 0 amide bonds. The van der Waals surface area contributed by atoms with E-state index >= 15 is 0 Å². The number of ether oxygens (including phenoxy) is 2. The van der Waals surface area contributed by atoms with Gasteiger partial charge in [0.15, 0.2) is 0 Å². The van der Waals surface area contributed by atoms with Crippen molar-refractivity contribution in [3.63, 3.8) is 0 Å². The molecular formula is C11H12F3NO3. The number of aryl methyl sites for hydroxylation is 1. The van der Waals surface area contributed by atoms with Crippen LogP contribution in [0.4, 0.5) is 18.9 Å². The smallest absolute Gasteiger partial charge is 0.460 e. The Hall–Kier alpha value is -1.76. The Morgan fingerprint density at radius 1 is 1.33 bits per heavy atom. The van der Waals surface area contributed by atoms with Crippen molar-refractivity contribution in [3.05, 3.63) is 29.3 Å². The Balaban J connectivity index is 2.43. The first-order valence-corrected chi connectivity index (χ1v) is 5.03. The number of nitrogen functional groups attached to an aromatic ring is 1. The molecule has 2 N–H and O–H groups in total. The fourth-order valence-electron chi connectivity index (χ4n) is 1.14. The van der Waals surface area contributed by atoms with Crippen molar-refractivity contribution in [2.24, 2.45) is 0 Å². The van der Waals surface area contributed by atoms with Crippen LogP contribution in [-0.4, -0.2) is 25.5 Å². The van der Waals surface area contributed by atoms with E-state index in [1.165, 1.54) is 12.1 Å². The first kappa shape index (κ1) is 14.3. The fourth-order valence-corrected chi connectivity index (χ4v) is 1.14. The molecule has 0 saturated heterocycles. The number of halogens is 3. The molecule has 0 radical (unpaired) electrons. The molecule has 1 aromatic carbocycles. The molecule has 100 valence electrons. The number of rotatable bonds is 4. The van der Waals surface area contributed by atoms with Crippen molar-refractivity contribution in [2.45, 2.75) is 13.3 Å². The van der Waals surface area contributed by atoms with Crippen molar-refractivity contribution < 1.29 is 27.4 Å². The number of nitrogens with two attached hydrogens (primary N) is 1. The van der Waals surface area contributed by atoms with Gasteiger partial charge in [-0.3, -0.25) is 4.74 Å². The number of carbonyl (C=O) groups excluding carboxylic acids is 1. The molecule has 0 spiro atoms. The van der Waals surface area contributed by atoms with Gasteiger partial charge in [-0.25, -0.2) is 4.79 Å². The van der Waals surface area contributed by atoms with Crippen LogP contribution < -0.4 is 5.73 Å². The zero-order valence-electron chi connectivity index (χ0n) is 9.58. The highest BCUT2D eigenvalue weighted by atomic mass is 19.4. The molecule has 0 fully saturated rings. The molecule has 0 atom stereocenters. The Kier molecular flexibility index (Phi) is 4.55. The van der Waals surface area contributed by atoms with Gasteiger partial charge in [-0.15, -0.1) is 13.2 Å². The molecule has 18 heavy (non-hydrogen) atoms. The van der Waals surface area contributed by atoms with Gasteiger partial charge >= 0.3 is 12.3 Å². The highest BCUT2D eigenvalue weighted by Crippen LogP contribution is 2.16. The van der Waals surface area contributed by atoms with Crippen LogP contribution in [0.25, 0.3) is 0 Å². The molecule has 0 unspecified atom stereocenters. The molecule has 4 nitrogen and oxygen atoms in total. The zero-order chi connectivity index (χ0) is 13.8. The van der Waals surface area contributed by atoms with Crippen molar-refractivity contribution in [1.82, 2.24) is 0 Å². The van der Waals surface area contributed by atoms with Gasteiger partial charge in [-0.2, -0.15) is 0 Å². The van der Waals surface area contributed by atoms with E-state index in [4.69, 9.17) is 5.73 Å². The van der Waals surface area contributed by atoms with Gasteiger partial charge in [0.05, 0.1) is 12.2 Å². The van der Waals surface area contributed by atoms with Crippen molar-refractivity contribution in [2.75, 3.05) is 18.9 Å². The van der Waals surface area contributed by atoms with E-state index in [-0.39, 0.29) is 5.56 Å². The van der Waals surface area contributed by atoms with Gasteiger partial charge in [0.2, 0.25) is 0 Å². The van der Waals surface area contributed by atoms with E-state index in [0.717, 1.165) is 5.56 Å². The van der Waals surface area contributed by atoms with Gasteiger partial charge < -0.3 is 10.5 Å². The highest BCUT2D eigenvalue weighted by Gasteiger charge is 2.28. The zero-order valence-corrected chi connectivity index (χ0v) is 9.58. The number of benzene rings is 1. The van der Waals surface area contributed by atoms with E-state index in [1.54, 1.807) is 13.0 Å². The molecule has 0 saturated carbocycles. The van der Waals surface area contributed by atoms with Gasteiger partial charge in [0.1, 0.15) is 6.61 Å². The van der Waals surface area contributed by atoms with Crippen molar-refractivity contribution in [1.29, 1.82) is 0 Å². The summed E-state index contributed by atoms with van der Waals surface area (Å²) in [4.78, 5) is 11.4. The quantitative estimate of drug-likeness (QED) is 0.514. The van der Waals surface area contributed by atoms with Crippen LogP contribution in [0.3, 0.4) is 0 Å². The lowest BCUT2D eigenvalue weighted by Crippen LogP contribution is -2.18. The Morgan fingerprint density at radius 3 is 2.56 bits per heavy atom. The second-order valence-corrected chi connectivity index (χ2v) is 3.50. The number of alkyl halides is 3. The van der Waals surface area contributed by atoms with Gasteiger partial charge in [0.25, 0.3) is 0 Å². The molecular weight excluding hydrogens is 251 g/mol. The lowest BCUT2D eigenvalue weighted by Gasteiger charge is -2.08. The Morgan fingerprint density at radius 2 is 2.00 bits per heavy atom. The summed E-state index contributed by atoms with van der Waals surface area (Å²) in [6.45, 7) is 0.546. The summed E-state index contributed by atoms with van der Waals surface area (Å²) >= 11 is 0. The molecule has 1 rings (SSSR count). The summed E-state index contributed by atoms with van der Waals surface area (Å²) in [6, 6.07) is 4.51. The maximum absolute atomic E-state index is 11.6. The highest BCUT2D eigenvalue weighted by molar-refractivity contribution is 5.90. The van der Waals surface area contributed by atoms with E-state index in [9.17, 15) is 18.0 Å². The minimum atomic E-state index is -4.72. The third kappa shape index (κ3) is 4.62. The molecule has 1 aromatic rings. The predicted molar refractivity (Wildman–Crippen MR) is 57.9 cm³/mol. The number of hydrogen-bond acceptors (Lipinski definition) is 4. The monoisotopic (exact) mass is 263 g/mol. The van der Waals surface area contributed by atoms with Crippen LogP contribution in [0.2, 0.25) is 0 Å². The minimum Gasteiger partial charge on any atom is -0.460 e. The normalized spacial score (nSPS) is 11.3. The van der Waals surface area contributed by atoms with Crippen LogP contribution >= 0.6 is 0 Å². The lowest BCUT2D eigenvalue weighted by molar-refractivity contribution is -0.326. The Labute approximate surface area is 101 Å². The molecule has 0 heterocycles. The topological polar surface area (TPSA) is 61.5 Å². The minimum absolute atomic E-state index is 0.185. The molecule has 0 aliphatic heterocycles. The van der Waals surface area contributed by atoms with Crippen molar-refractivity contribution >= 4 is 11.7 Å². The average Bonchev–Trinajstić information content (AvgIpc) is 2.26. The first-order valence-electron chi connectivity index (χ1n) is 5.03. The third-order valence-electron chi connectivity index (χ3n) is 2.10. The summed E-state index contributed by atoms with van der Waals surface area (Å²) in [5.74, 6) is -0.743. The maximum Gasteiger partial charge on any atom is 0.522 e. The fraction of sp³-hybridized carbons (Fsp3) is 0.364. The largest absolute Gasteiger partial charge is 0.522 e. The molecule has 0 aliphatic carbocycles. The van der Waals surface area contributed by atoms with Crippen LogP contribution in [0, 0.1) is 6.92 Å². The van der Waals surface area contributed by atoms with Crippen LogP contribution in [0.15, 0.2) is 18.2 Å². The first-order chi connectivity index (χ1) is 8.29. The van der Waals surface area contributed by atoms with Gasteiger partial charge in [-0.05, 0) is 24.6 Å². The second-order valence-electron chi connectivity index (χ2n) is 3.50.